The number of carbonyl (C=O) groups excluding carboxylic acids is 1. The molecule has 7 heteroatoms. The van der Waals surface area contributed by atoms with Gasteiger partial charge in [0, 0.05) is 44.3 Å². The molecule has 0 aromatic heterocycles. The number of rotatable bonds is 8. The SMILES string of the molecule is COC(=O)c1ccc(OCC(O)CN2CCN(Cc3cccc(Cl)c3)CC2)cc1. The van der Waals surface area contributed by atoms with Gasteiger partial charge in [-0.15, -0.1) is 0 Å². The lowest BCUT2D eigenvalue weighted by atomic mass is 10.2. The van der Waals surface area contributed by atoms with Crippen LogP contribution in [0.2, 0.25) is 5.02 Å². The van der Waals surface area contributed by atoms with Crippen LogP contribution in [-0.4, -0.2) is 73.4 Å². The average molecular weight is 419 g/mol. The van der Waals surface area contributed by atoms with E-state index in [0.717, 1.165) is 37.7 Å². The standard InChI is InChI=1S/C22H27ClN2O4/c1-28-22(27)18-5-7-21(8-6-18)29-16-20(26)15-25-11-9-24(10-12-25)14-17-3-2-4-19(23)13-17/h2-8,13,20,26H,9-12,14-16H2,1H3. The molecule has 1 heterocycles. The van der Waals surface area contributed by atoms with E-state index in [1.54, 1.807) is 24.3 Å². The summed E-state index contributed by atoms with van der Waals surface area (Å²) in [6.07, 6.45) is -0.574. The van der Waals surface area contributed by atoms with Crippen molar-refractivity contribution in [3.05, 3.63) is 64.7 Å². The first-order valence-corrected chi connectivity index (χ1v) is 10.1. The molecule has 0 bridgehead atoms. The Morgan fingerprint density at radius 2 is 1.79 bits per heavy atom. The largest absolute Gasteiger partial charge is 0.491 e. The first-order chi connectivity index (χ1) is 14.0. The second-order valence-corrected chi connectivity index (χ2v) is 7.62. The van der Waals surface area contributed by atoms with Crippen molar-refractivity contribution in [2.75, 3.05) is 46.4 Å². The second-order valence-electron chi connectivity index (χ2n) is 7.19. The Morgan fingerprint density at radius 1 is 1.10 bits per heavy atom. The van der Waals surface area contributed by atoms with Crippen LogP contribution in [0.25, 0.3) is 0 Å². The van der Waals surface area contributed by atoms with Gasteiger partial charge in [0.1, 0.15) is 18.5 Å². The van der Waals surface area contributed by atoms with Crippen LogP contribution in [0.4, 0.5) is 0 Å². The van der Waals surface area contributed by atoms with Gasteiger partial charge in [-0.25, -0.2) is 4.79 Å². The molecule has 1 unspecified atom stereocenters. The summed E-state index contributed by atoms with van der Waals surface area (Å²) in [7, 11) is 1.35. The molecule has 0 aliphatic carbocycles. The van der Waals surface area contributed by atoms with Gasteiger partial charge in [0.05, 0.1) is 12.7 Å². The first kappa shape index (κ1) is 21.6. The highest BCUT2D eigenvalue weighted by Gasteiger charge is 2.19. The number of β-amino-alcohol motifs (C(OH)–C–C–N with tert-alkyl or cyclic N) is 1. The highest BCUT2D eigenvalue weighted by molar-refractivity contribution is 6.30. The van der Waals surface area contributed by atoms with Crippen LogP contribution in [0.1, 0.15) is 15.9 Å². The predicted molar refractivity (Wildman–Crippen MR) is 112 cm³/mol. The van der Waals surface area contributed by atoms with Gasteiger partial charge >= 0.3 is 5.97 Å². The van der Waals surface area contributed by atoms with Crippen LogP contribution in [-0.2, 0) is 11.3 Å². The van der Waals surface area contributed by atoms with Crippen molar-refractivity contribution in [2.24, 2.45) is 0 Å². The predicted octanol–water partition coefficient (Wildman–Crippen LogP) is 2.68. The van der Waals surface area contributed by atoms with E-state index in [2.05, 4.69) is 20.6 Å². The van der Waals surface area contributed by atoms with Gasteiger partial charge in [0.15, 0.2) is 0 Å². The monoisotopic (exact) mass is 418 g/mol. The normalized spacial score (nSPS) is 16.4. The summed E-state index contributed by atoms with van der Waals surface area (Å²) in [4.78, 5) is 16.1. The van der Waals surface area contributed by atoms with Gasteiger partial charge in [-0.2, -0.15) is 0 Å². The fraction of sp³-hybridized carbons (Fsp3) is 0.409. The molecule has 0 radical (unpaired) electrons. The molecule has 0 spiro atoms. The summed E-state index contributed by atoms with van der Waals surface area (Å²) in [6.45, 7) is 5.40. The van der Waals surface area contributed by atoms with E-state index in [1.165, 1.54) is 12.7 Å². The van der Waals surface area contributed by atoms with Crippen molar-refractivity contribution in [2.45, 2.75) is 12.6 Å². The number of aliphatic hydroxyl groups is 1. The van der Waals surface area contributed by atoms with E-state index in [4.69, 9.17) is 16.3 Å². The van der Waals surface area contributed by atoms with Gasteiger partial charge in [-0.05, 0) is 42.0 Å². The maximum Gasteiger partial charge on any atom is 0.337 e. The Labute approximate surface area is 176 Å². The van der Waals surface area contributed by atoms with Crippen LogP contribution < -0.4 is 4.74 Å². The number of benzene rings is 2. The van der Waals surface area contributed by atoms with Gasteiger partial charge in [0.25, 0.3) is 0 Å². The van der Waals surface area contributed by atoms with Gasteiger partial charge < -0.3 is 14.6 Å². The smallest absolute Gasteiger partial charge is 0.337 e. The molecule has 0 saturated carbocycles. The Bertz CT molecular complexity index is 792. The minimum atomic E-state index is -0.574. The minimum absolute atomic E-state index is 0.209. The number of hydrogen-bond donors (Lipinski definition) is 1. The van der Waals surface area contributed by atoms with Crippen molar-refractivity contribution >= 4 is 17.6 Å². The van der Waals surface area contributed by atoms with E-state index < -0.39 is 6.10 Å². The summed E-state index contributed by atoms with van der Waals surface area (Å²) >= 11 is 6.06. The fourth-order valence-corrected chi connectivity index (χ4v) is 3.58. The highest BCUT2D eigenvalue weighted by atomic mass is 35.5. The molecular weight excluding hydrogens is 392 g/mol. The second kappa shape index (κ2) is 10.6. The third-order valence-corrected chi connectivity index (χ3v) is 5.18. The number of hydrogen-bond acceptors (Lipinski definition) is 6. The molecule has 0 amide bonds. The molecule has 1 fully saturated rings. The van der Waals surface area contributed by atoms with Gasteiger partial charge in [-0.1, -0.05) is 23.7 Å². The van der Waals surface area contributed by atoms with Crippen LogP contribution in [0.15, 0.2) is 48.5 Å². The van der Waals surface area contributed by atoms with Crippen molar-refractivity contribution < 1.29 is 19.4 Å². The van der Waals surface area contributed by atoms with Crippen molar-refractivity contribution in [1.82, 2.24) is 9.80 Å². The zero-order valence-corrected chi connectivity index (χ0v) is 17.3. The Morgan fingerprint density at radius 3 is 2.45 bits per heavy atom. The molecule has 156 valence electrons. The Kier molecular flexibility index (Phi) is 7.89. The number of carbonyl (C=O) groups is 1. The molecule has 29 heavy (non-hydrogen) atoms. The molecule has 1 aliphatic heterocycles. The molecule has 3 rings (SSSR count). The maximum atomic E-state index is 11.4. The molecule has 1 aliphatic rings. The van der Waals surface area contributed by atoms with Crippen LogP contribution >= 0.6 is 11.6 Å². The highest BCUT2D eigenvalue weighted by Crippen LogP contribution is 2.15. The van der Waals surface area contributed by atoms with E-state index >= 15 is 0 Å². The number of piperazine rings is 1. The molecule has 1 N–H and O–H groups in total. The summed E-state index contributed by atoms with van der Waals surface area (Å²) in [5.74, 6) is 0.231. The summed E-state index contributed by atoms with van der Waals surface area (Å²) < 4.78 is 10.3. The van der Waals surface area contributed by atoms with Gasteiger partial charge in [-0.3, -0.25) is 9.80 Å². The molecular formula is C22H27ClN2O4. The zero-order valence-electron chi connectivity index (χ0n) is 16.6. The maximum absolute atomic E-state index is 11.4. The summed E-state index contributed by atoms with van der Waals surface area (Å²) in [5.41, 5.74) is 1.69. The van der Waals surface area contributed by atoms with E-state index in [-0.39, 0.29) is 12.6 Å². The minimum Gasteiger partial charge on any atom is -0.491 e. The molecule has 2 aromatic carbocycles. The lowest BCUT2D eigenvalue weighted by Gasteiger charge is -2.35. The molecule has 1 saturated heterocycles. The number of esters is 1. The van der Waals surface area contributed by atoms with Crippen molar-refractivity contribution in [3.63, 3.8) is 0 Å². The third kappa shape index (κ3) is 6.72. The third-order valence-electron chi connectivity index (χ3n) is 4.95. The summed E-state index contributed by atoms with van der Waals surface area (Å²) in [6, 6.07) is 14.7. The topological polar surface area (TPSA) is 62.2 Å². The number of nitrogens with zero attached hydrogens (tertiary/aromatic N) is 2. The van der Waals surface area contributed by atoms with Crippen LogP contribution in [0, 0.1) is 0 Å². The Balaban J connectivity index is 1.37. The van der Waals surface area contributed by atoms with Crippen molar-refractivity contribution in [3.8, 4) is 5.75 Å². The number of ether oxygens (including phenoxy) is 2. The van der Waals surface area contributed by atoms with E-state index in [9.17, 15) is 9.90 Å². The zero-order chi connectivity index (χ0) is 20.6. The van der Waals surface area contributed by atoms with Gasteiger partial charge in [0.2, 0.25) is 0 Å². The molecule has 1 atom stereocenters. The number of methoxy groups -OCH3 is 1. The summed E-state index contributed by atoms with van der Waals surface area (Å²) in [5, 5.41) is 11.1. The lowest BCUT2D eigenvalue weighted by molar-refractivity contribution is 0.0446. The van der Waals surface area contributed by atoms with E-state index in [0.29, 0.717) is 17.9 Å². The lowest BCUT2D eigenvalue weighted by Crippen LogP contribution is -2.48. The fourth-order valence-electron chi connectivity index (χ4n) is 3.37. The first-order valence-electron chi connectivity index (χ1n) is 9.72. The van der Waals surface area contributed by atoms with Crippen LogP contribution in [0.3, 0.4) is 0 Å². The van der Waals surface area contributed by atoms with Crippen LogP contribution in [0.5, 0.6) is 5.75 Å². The van der Waals surface area contributed by atoms with Crippen molar-refractivity contribution in [1.29, 1.82) is 0 Å². The average Bonchev–Trinajstić information content (AvgIpc) is 2.73. The molecule has 2 aromatic rings. The number of aliphatic hydroxyl groups excluding tert-OH is 1. The molecule has 6 nitrogen and oxygen atoms in total. The quantitative estimate of drug-likeness (QED) is 0.665. The van der Waals surface area contributed by atoms with E-state index in [1.807, 2.05) is 18.2 Å². The Hall–Kier alpha value is -2.12. The number of halogens is 1.